The molecule has 0 aliphatic rings. The van der Waals surface area contributed by atoms with Crippen molar-refractivity contribution in [3.05, 3.63) is 0 Å². The summed E-state index contributed by atoms with van der Waals surface area (Å²) in [6, 6.07) is 0. The van der Waals surface area contributed by atoms with Gasteiger partial charge in [-0.25, -0.2) is 0 Å². The van der Waals surface area contributed by atoms with Crippen LogP contribution in [0.1, 0.15) is 62.3 Å². The van der Waals surface area contributed by atoms with Crippen molar-refractivity contribution in [2.45, 2.75) is 62.3 Å². The summed E-state index contributed by atoms with van der Waals surface area (Å²) in [4.78, 5) is 36.5. The smallest absolute Gasteiger partial charge is 0.409 e. The summed E-state index contributed by atoms with van der Waals surface area (Å²) in [5.41, 5.74) is -1.78. The highest BCUT2D eigenvalue weighted by molar-refractivity contribution is 6.59. The van der Waals surface area contributed by atoms with Gasteiger partial charge >= 0.3 is 14.8 Å². The van der Waals surface area contributed by atoms with E-state index in [1.165, 1.54) is 0 Å². The molecule has 0 aliphatic carbocycles. The van der Waals surface area contributed by atoms with Crippen LogP contribution in [-0.4, -0.2) is 32.5 Å². The Kier molecular flexibility index (Phi) is 6.68. The number of amides is 3. The maximum absolute atomic E-state index is 12.2. The lowest BCUT2D eigenvalue weighted by molar-refractivity contribution is -0.127. The summed E-state index contributed by atoms with van der Waals surface area (Å²) in [6.07, 6.45) is 0. The molecule has 126 valence electrons. The number of carbonyl (C=O) groups excluding carboxylic acids is 3. The first-order chi connectivity index (χ1) is 9.55. The van der Waals surface area contributed by atoms with Gasteiger partial charge < -0.3 is 12.9 Å². The fourth-order valence-electron chi connectivity index (χ4n) is 1.15. The van der Waals surface area contributed by atoms with Gasteiger partial charge in [0.05, 0.1) is 0 Å². The summed E-state index contributed by atoms with van der Waals surface area (Å²) in [5, 5.41) is 0. The number of rotatable bonds is 3. The molecule has 0 rings (SSSR count). The average molecular weight is 327 g/mol. The molecule has 0 aromatic carbocycles. The van der Waals surface area contributed by atoms with Gasteiger partial charge in [-0.3, -0.25) is 14.4 Å². The number of hydrogen-bond donors (Lipinski definition) is 3. The van der Waals surface area contributed by atoms with Crippen molar-refractivity contribution in [3.63, 3.8) is 0 Å². The lowest BCUT2D eigenvalue weighted by Gasteiger charge is -2.26. The van der Waals surface area contributed by atoms with Crippen molar-refractivity contribution in [1.29, 1.82) is 0 Å². The summed E-state index contributed by atoms with van der Waals surface area (Å²) in [5.74, 6) is -0.604. The van der Waals surface area contributed by atoms with Crippen molar-refractivity contribution in [2.75, 3.05) is 0 Å². The van der Waals surface area contributed by atoms with Gasteiger partial charge in [0.2, 0.25) is 17.7 Å². The number of carbonyl (C=O) groups is 3. The first kappa shape index (κ1) is 20.9. The maximum Gasteiger partial charge on any atom is 0.740 e. The monoisotopic (exact) mass is 327 g/mol. The van der Waals surface area contributed by atoms with E-state index < -0.39 is 31.1 Å². The Hall–Kier alpha value is -1.06. The topological polar surface area (TPSA) is 87.3 Å². The zero-order valence-electron chi connectivity index (χ0n) is 15.3. The fraction of sp³-hybridized carbons (Fsp3) is 0.800. The Morgan fingerprint density at radius 3 is 0.864 bits per heavy atom. The van der Waals surface area contributed by atoms with E-state index in [4.69, 9.17) is 0 Å². The molecule has 6 nitrogen and oxygen atoms in total. The first-order valence-corrected chi connectivity index (χ1v) is 9.21. The van der Waals surface area contributed by atoms with Gasteiger partial charge in [0.25, 0.3) is 0 Å². The van der Waals surface area contributed by atoms with E-state index in [2.05, 4.69) is 12.9 Å². The van der Waals surface area contributed by atoms with Crippen molar-refractivity contribution in [2.24, 2.45) is 16.2 Å². The van der Waals surface area contributed by atoms with Crippen molar-refractivity contribution < 1.29 is 14.4 Å². The van der Waals surface area contributed by atoms with Gasteiger partial charge in [-0.2, -0.15) is 0 Å². The Morgan fingerprint density at radius 2 is 0.727 bits per heavy atom. The van der Waals surface area contributed by atoms with Crippen LogP contribution in [0.2, 0.25) is 0 Å². The van der Waals surface area contributed by atoms with Crippen molar-refractivity contribution in [1.82, 2.24) is 12.9 Å². The van der Waals surface area contributed by atoms with Crippen LogP contribution in [0, 0.1) is 16.2 Å². The molecule has 3 N–H and O–H groups in total. The highest BCUT2D eigenvalue weighted by Crippen LogP contribution is 2.15. The Balaban J connectivity index is 5.12. The predicted octanol–water partition coefficient (Wildman–Crippen LogP) is 1.46. The maximum atomic E-state index is 12.2. The zero-order valence-corrected chi connectivity index (χ0v) is 16.5. The summed E-state index contributed by atoms with van der Waals surface area (Å²) in [6.45, 7) is 16.0. The minimum absolute atomic E-state index is 0.201. The quantitative estimate of drug-likeness (QED) is 0.686. The summed E-state index contributed by atoms with van der Waals surface area (Å²) < 4.78 is 8.40. The third kappa shape index (κ3) is 7.28. The third-order valence-electron chi connectivity index (χ3n) is 2.87. The van der Waals surface area contributed by atoms with Crippen LogP contribution in [0.15, 0.2) is 0 Å². The second kappa shape index (κ2) is 7.01. The lowest BCUT2D eigenvalue weighted by atomic mass is 9.96. The highest BCUT2D eigenvalue weighted by Gasteiger charge is 2.38. The molecular formula is C15H30AlN3O3. The normalized spacial score (nSPS) is 12.4. The van der Waals surface area contributed by atoms with E-state index in [9.17, 15) is 14.4 Å². The molecule has 0 saturated heterocycles. The number of nitrogens with one attached hydrogen (secondary N) is 3. The molecule has 0 heterocycles. The van der Waals surface area contributed by atoms with E-state index in [0.717, 1.165) is 0 Å². The van der Waals surface area contributed by atoms with Gasteiger partial charge in [-0.05, 0) is 0 Å². The van der Waals surface area contributed by atoms with E-state index in [1.807, 2.05) is 0 Å². The molecule has 0 bridgehead atoms. The fourth-order valence-corrected chi connectivity index (χ4v) is 3.45. The molecule has 0 radical (unpaired) electrons. The molecular weight excluding hydrogens is 297 g/mol. The van der Waals surface area contributed by atoms with Crippen LogP contribution in [0.3, 0.4) is 0 Å². The Bertz CT molecular complexity index is 376. The van der Waals surface area contributed by atoms with Crippen LogP contribution in [-0.2, 0) is 14.4 Å². The van der Waals surface area contributed by atoms with Gasteiger partial charge in [0, 0.05) is 16.2 Å². The number of hydrogen-bond acceptors (Lipinski definition) is 3. The van der Waals surface area contributed by atoms with Crippen LogP contribution in [0.4, 0.5) is 0 Å². The van der Waals surface area contributed by atoms with E-state index in [0.29, 0.717) is 0 Å². The Morgan fingerprint density at radius 1 is 0.545 bits per heavy atom. The van der Waals surface area contributed by atoms with Gasteiger partial charge in [0.15, 0.2) is 0 Å². The second-order valence-corrected chi connectivity index (χ2v) is 10.3. The van der Waals surface area contributed by atoms with Crippen molar-refractivity contribution in [3.8, 4) is 0 Å². The summed E-state index contributed by atoms with van der Waals surface area (Å²) in [7, 11) is 0. The SMILES string of the molecule is CC(C)(C)C(=O)[NH][Al]([NH]C(=O)C(C)(C)C)[NH]C(=O)C(C)(C)C. The van der Waals surface area contributed by atoms with Gasteiger partial charge in [0.1, 0.15) is 0 Å². The molecule has 0 fully saturated rings. The second-order valence-electron chi connectivity index (χ2n) is 8.60. The zero-order chi connectivity index (χ0) is 17.9. The molecule has 3 amide bonds. The minimum Gasteiger partial charge on any atom is -0.409 e. The van der Waals surface area contributed by atoms with Crippen LogP contribution in [0.25, 0.3) is 0 Å². The summed E-state index contributed by atoms with van der Waals surface area (Å²) >= 11 is -2.51. The average Bonchev–Trinajstić information content (AvgIpc) is 2.24. The molecule has 7 heteroatoms. The van der Waals surface area contributed by atoms with E-state index >= 15 is 0 Å². The first-order valence-electron chi connectivity index (χ1n) is 7.48. The standard InChI is InChI=1S/3C5H11NO.Al/c3*1-5(2,3)4(6)7;/h3*1-3H3,(H2,6,7);/q;;;+3/p-3. The molecule has 0 unspecified atom stereocenters. The van der Waals surface area contributed by atoms with E-state index in [-0.39, 0.29) is 17.7 Å². The lowest BCUT2D eigenvalue weighted by Crippen LogP contribution is -2.66. The van der Waals surface area contributed by atoms with Crippen molar-refractivity contribution >= 4 is 32.5 Å². The molecule has 22 heavy (non-hydrogen) atoms. The highest BCUT2D eigenvalue weighted by atomic mass is 27.2. The van der Waals surface area contributed by atoms with E-state index in [1.54, 1.807) is 62.3 Å². The van der Waals surface area contributed by atoms with Gasteiger partial charge in [-0.1, -0.05) is 62.3 Å². The van der Waals surface area contributed by atoms with Crippen LogP contribution >= 0.6 is 0 Å². The predicted molar refractivity (Wildman–Crippen MR) is 88.5 cm³/mol. The van der Waals surface area contributed by atoms with Crippen LogP contribution in [0.5, 0.6) is 0 Å². The molecule has 0 saturated carbocycles. The Labute approximate surface area is 138 Å². The minimum atomic E-state index is -2.51. The van der Waals surface area contributed by atoms with Gasteiger partial charge in [-0.15, -0.1) is 0 Å². The molecule has 0 spiro atoms. The third-order valence-corrected chi connectivity index (χ3v) is 4.52. The van der Waals surface area contributed by atoms with Crippen LogP contribution < -0.4 is 12.9 Å². The molecule has 0 aliphatic heterocycles. The molecule has 0 atom stereocenters. The molecule has 0 aromatic heterocycles. The molecule has 0 aromatic rings. The largest absolute Gasteiger partial charge is 0.740 e.